The van der Waals surface area contributed by atoms with Gasteiger partial charge in [0.05, 0.1) is 0 Å². The van der Waals surface area contributed by atoms with Gasteiger partial charge in [0.2, 0.25) is 0 Å². The third-order valence-corrected chi connectivity index (χ3v) is 10.8. The van der Waals surface area contributed by atoms with E-state index < -0.39 is 12.1 Å². The molecule has 6 heteroatoms. The Morgan fingerprint density at radius 2 is 0.507 bits per heavy atom. The molecule has 0 aliphatic heterocycles. The van der Waals surface area contributed by atoms with E-state index in [2.05, 4.69) is 167 Å². The van der Waals surface area contributed by atoms with E-state index in [0.29, 0.717) is 19.3 Å². The van der Waals surface area contributed by atoms with Crippen molar-refractivity contribution in [3.8, 4) is 0 Å². The lowest BCUT2D eigenvalue weighted by Gasteiger charge is -2.18. The van der Waals surface area contributed by atoms with Gasteiger partial charge in [-0.3, -0.25) is 14.4 Å². The van der Waals surface area contributed by atoms with Gasteiger partial charge >= 0.3 is 17.9 Å². The molecule has 0 N–H and O–H groups in total. The second-order valence-corrected chi connectivity index (χ2v) is 17.4. The normalized spacial score (nSPS) is 13.3. The van der Waals surface area contributed by atoms with E-state index in [0.717, 1.165) is 77.0 Å². The van der Waals surface area contributed by atoms with Gasteiger partial charge in [0, 0.05) is 19.3 Å². The lowest BCUT2D eigenvalue weighted by atomic mass is 10.2. The fourth-order valence-corrected chi connectivity index (χ4v) is 6.65. The molecule has 0 saturated carbocycles. The Kier molecular flexibility index (Phi) is 52.1. The van der Waals surface area contributed by atoms with Crippen LogP contribution in [0, 0.1) is 0 Å². The van der Waals surface area contributed by atoms with Crippen molar-refractivity contribution in [1.29, 1.82) is 0 Å². The van der Waals surface area contributed by atoms with Crippen LogP contribution in [0.3, 0.4) is 0 Å². The van der Waals surface area contributed by atoms with E-state index in [-0.39, 0.29) is 44.4 Å². The van der Waals surface area contributed by atoms with E-state index in [4.69, 9.17) is 14.2 Å². The van der Waals surface area contributed by atoms with Crippen molar-refractivity contribution in [2.24, 2.45) is 0 Å². The van der Waals surface area contributed by atoms with Crippen LogP contribution in [0.4, 0.5) is 0 Å². The monoisotopic (exact) mass is 951 g/mol. The SMILES string of the molecule is CCCCCC=CCC=CCC=CCC=CCCCC(=O)OCC(COC(=O)CCCC=CCC=CCC=CCC=CCCCCC)OC(=O)CCCC=CCC=CCC=CCC=CCCCCC. The summed E-state index contributed by atoms with van der Waals surface area (Å²) in [7, 11) is 0. The molecule has 0 aliphatic rings. The average Bonchev–Trinajstić information content (AvgIpc) is 3.35. The van der Waals surface area contributed by atoms with Gasteiger partial charge in [-0.1, -0.05) is 205 Å². The van der Waals surface area contributed by atoms with Crippen molar-refractivity contribution in [3.63, 3.8) is 0 Å². The van der Waals surface area contributed by atoms with Gasteiger partial charge in [-0.15, -0.1) is 0 Å². The van der Waals surface area contributed by atoms with Gasteiger partial charge in [-0.05, 0) is 135 Å². The Morgan fingerprint density at radius 3 is 0.754 bits per heavy atom. The maximum Gasteiger partial charge on any atom is 0.306 e. The van der Waals surface area contributed by atoms with Crippen molar-refractivity contribution in [2.45, 2.75) is 219 Å². The molecule has 0 aromatic rings. The lowest BCUT2D eigenvalue weighted by molar-refractivity contribution is -0.166. The van der Waals surface area contributed by atoms with Gasteiger partial charge in [0.15, 0.2) is 6.10 Å². The molecule has 0 spiro atoms. The summed E-state index contributed by atoms with van der Waals surface area (Å²) in [4.78, 5) is 38.0. The van der Waals surface area contributed by atoms with Crippen LogP contribution in [0.5, 0.6) is 0 Å². The molecule has 0 fully saturated rings. The molecule has 0 amide bonds. The minimum atomic E-state index is -0.857. The molecular weight excluding hydrogens is 853 g/mol. The zero-order chi connectivity index (χ0) is 50.0. The van der Waals surface area contributed by atoms with Crippen LogP contribution in [0.15, 0.2) is 146 Å². The largest absolute Gasteiger partial charge is 0.462 e. The first kappa shape index (κ1) is 64.3. The van der Waals surface area contributed by atoms with Crippen molar-refractivity contribution in [2.75, 3.05) is 13.2 Å². The first-order chi connectivity index (χ1) is 34.0. The van der Waals surface area contributed by atoms with Gasteiger partial charge < -0.3 is 14.2 Å². The Bertz CT molecular complexity index is 1480. The van der Waals surface area contributed by atoms with E-state index in [1.807, 2.05) is 0 Å². The number of carbonyl (C=O) groups is 3. The molecular formula is C63H98O6. The predicted octanol–water partition coefficient (Wildman–Crippen LogP) is 18.4. The standard InChI is InChI=1S/C63H98O6/c1-4-7-10-13-16-19-22-25-28-31-34-37-40-43-46-49-52-55-61(64)67-58-60(69-63(66)57-54-51-48-45-42-39-36-33-30-27-24-21-18-15-12-9-6-3)59-68-62(65)56-53-50-47-44-41-38-35-32-29-26-23-20-17-14-11-8-5-2/h16-21,25-30,34-39,43-48,60H,4-15,22-24,31-33,40-42,49-59H2,1-3H3. The second-order valence-electron chi connectivity index (χ2n) is 17.4. The highest BCUT2D eigenvalue weighted by molar-refractivity contribution is 5.71. The van der Waals surface area contributed by atoms with Crippen molar-refractivity contribution in [1.82, 2.24) is 0 Å². The summed E-state index contributed by atoms with van der Waals surface area (Å²) in [6.45, 7) is 6.39. The topological polar surface area (TPSA) is 78.9 Å². The molecule has 0 rings (SSSR count). The van der Waals surface area contributed by atoms with E-state index in [1.165, 1.54) is 77.0 Å². The van der Waals surface area contributed by atoms with Crippen molar-refractivity contribution >= 4 is 17.9 Å². The fraction of sp³-hybridized carbons (Fsp3) is 0.571. The highest BCUT2D eigenvalue weighted by Gasteiger charge is 2.19. The van der Waals surface area contributed by atoms with Gasteiger partial charge in [-0.2, -0.15) is 0 Å². The Hall–Kier alpha value is -4.71. The second kappa shape index (κ2) is 55.9. The number of hydrogen-bond acceptors (Lipinski definition) is 6. The number of rotatable bonds is 47. The molecule has 386 valence electrons. The third-order valence-electron chi connectivity index (χ3n) is 10.8. The summed E-state index contributed by atoms with van der Waals surface area (Å²) in [6, 6.07) is 0. The van der Waals surface area contributed by atoms with E-state index in [9.17, 15) is 14.4 Å². The summed E-state index contributed by atoms with van der Waals surface area (Å²) < 4.78 is 16.7. The van der Waals surface area contributed by atoms with Gasteiger partial charge in [0.1, 0.15) is 13.2 Å². The first-order valence-electron chi connectivity index (χ1n) is 27.3. The zero-order valence-electron chi connectivity index (χ0n) is 44.0. The maximum atomic E-state index is 12.8. The number of allylic oxidation sites excluding steroid dienone is 24. The zero-order valence-corrected chi connectivity index (χ0v) is 44.0. The third kappa shape index (κ3) is 54.1. The number of hydrogen-bond donors (Lipinski definition) is 0. The Morgan fingerprint density at radius 1 is 0.290 bits per heavy atom. The molecule has 6 nitrogen and oxygen atoms in total. The van der Waals surface area contributed by atoms with Crippen LogP contribution >= 0.6 is 0 Å². The summed E-state index contributed by atoms with van der Waals surface area (Å²) in [6.07, 6.45) is 79.9. The molecule has 0 aliphatic carbocycles. The summed E-state index contributed by atoms with van der Waals surface area (Å²) in [5, 5.41) is 0. The maximum absolute atomic E-state index is 12.8. The molecule has 0 unspecified atom stereocenters. The number of ether oxygens (including phenoxy) is 3. The number of esters is 3. The minimum absolute atomic E-state index is 0.151. The van der Waals surface area contributed by atoms with Crippen LogP contribution in [0.25, 0.3) is 0 Å². The Balaban J connectivity index is 4.68. The van der Waals surface area contributed by atoms with Crippen LogP contribution < -0.4 is 0 Å². The van der Waals surface area contributed by atoms with Crippen LogP contribution in [-0.4, -0.2) is 37.2 Å². The summed E-state index contributed by atoms with van der Waals surface area (Å²) >= 11 is 0. The van der Waals surface area contributed by atoms with E-state index in [1.54, 1.807) is 0 Å². The molecule has 0 atom stereocenters. The Labute approximate surface area is 423 Å². The highest BCUT2D eigenvalue weighted by atomic mass is 16.6. The summed E-state index contributed by atoms with van der Waals surface area (Å²) in [5.74, 6) is -1.13. The molecule has 0 saturated heterocycles. The van der Waals surface area contributed by atoms with Gasteiger partial charge in [-0.25, -0.2) is 0 Å². The molecule has 0 heterocycles. The molecule has 0 aromatic carbocycles. The lowest BCUT2D eigenvalue weighted by Crippen LogP contribution is -2.30. The minimum Gasteiger partial charge on any atom is -0.462 e. The summed E-state index contributed by atoms with van der Waals surface area (Å²) in [5.41, 5.74) is 0. The molecule has 0 radical (unpaired) electrons. The highest BCUT2D eigenvalue weighted by Crippen LogP contribution is 2.09. The molecule has 0 bridgehead atoms. The van der Waals surface area contributed by atoms with E-state index >= 15 is 0 Å². The molecule has 0 aromatic heterocycles. The van der Waals surface area contributed by atoms with Crippen LogP contribution in [0.1, 0.15) is 213 Å². The van der Waals surface area contributed by atoms with Crippen LogP contribution in [0.2, 0.25) is 0 Å². The van der Waals surface area contributed by atoms with Crippen LogP contribution in [-0.2, 0) is 28.6 Å². The van der Waals surface area contributed by atoms with Crippen molar-refractivity contribution in [3.05, 3.63) is 146 Å². The smallest absolute Gasteiger partial charge is 0.306 e. The van der Waals surface area contributed by atoms with Crippen molar-refractivity contribution < 1.29 is 28.6 Å². The predicted molar refractivity (Wildman–Crippen MR) is 297 cm³/mol. The number of unbranched alkanes of at least 4 members (excludes halogenated alkanes) is 12. The molecule has 69 heavy (non-hydrogen) atoms. The first-order valence-corrected chi connectivity index (χ1v) is 27.3. The number of carbonyl (C=O) groups excluding carboxylic acids is 3. The van der Waals surface area contributed by atoms with Gasteiger partial charge in [0.25, 0.3) is 0 Å². The fourth-order valence-electron chi connectivity index (χ4n) is 6.65. The average molecular weight is 951 g/mol. The quantitative estimate of drug-likeness (QED) is 0.0262.